The monoisotopic (exact) mass is 214 g/mol. The minimum absolute atomic E-state index is 0.693. The van der Waals surface area contributed by atoms with Gasteiger partial charge in [-0.1, -0.05) is 27.2 Å². The van der Waals surface area contributed by atoms with Gasteiger partial charge in [0.2, 0.25) is 0 Å². The second-order valence-corrected chi connectivity index (χ2v) is 4.57. The van der Waals surface area contributed by atoms with Crippen LogP contribution in [-0.4, -0.2) is 37.1 Å². The fourth-order valence-electron chi connectivity index (χ4n) is 2.00. The third kappa shape index (κ3) is 6.16. The van der Waals surface area contributed by atoms with Crippen LogP contribution >= 0.6 is 0 Å². The van der Waals surface area contributed by atoms with E-state index in [1.165, 1.54) is 25.7 Å². The van der Waals surface area contributed by atoms with Gasteiger partial charge in [0.1, 0.15) is 0 Å². The van der Waals surface area contributed by atoms with E-state index < -0.39 is 0 Å². The molecule has 0 spiro atoms. The molecule has 2 heteroatoms. The molecule has 0 radical (unpaired) electrons. The number of nitrogens with zero attached hydrogens (tertiary/aromatic N) is 1. The standard InChI is InChI=1S/C13H30N2/c1-6-9-12(4)15(5)13(8-3)11-14-10-7-2/h12-14H,6-11H2,1-5H3. The molecule has 0 rings (SSSR count). The lowest BCUT2D eigenvalue weighted by molar-refractivity contribution is 0.167. The van der Waals surface area contributed by atoms with Crippen molar-refractivity contribution in [3.63, 3.8) is 0 Å². The Morgan fingerprint density at radius 1 is 1.13 bits per heavy atom. The highest BCUT2D eigenvalue weighted by Gasteiger charge is 2.16. The van der Waals surface area contributed by atoms with Gasteiger partial charge in [-0.25, -0.2) is 0 Å². The first-order valence-corrected chi connectivity index (χ1v) is 6.59. The van der Waals surface area contributed by atoms with Gasteiger partial charge in [-0.05, 0) is 39.8 Å². The average molecular weight is 214 g/mol. The molecule has 92 valence electrons. The summed E-state index contributed by atoms with van der Waals surface area (Å²) < 4.78 is 0. The van der Waals surface area contributed by atoms with Crippen molar-refractivity contribution in [2.75, 3.05) is 20.1 Å². The molecule has 0 saturated carbocycles. The number of rotatable bonds is 9. The molecule has 0 heterocycles. The molecule has 0 aromatic carbocycles. The molecule has 2 nitrogen and oxygen atoms in total. The van der Waals surface area contributed by atoms with Crippen LogP contribution in [0.3, 0.4) is 0 Å². The second-order valence-electron chi connectivity index (χ2n) is 4.57. The number of likely N-dealkylation sites (N-methyl/N-ethyl adjacent to an activating group) is 1. The highest BCUT2D eigenvalue weighted by atomic mass is 15.2. The molecule has 1 N–H and O–H groups in total. The van der Waals surface area contributed by atoms with E-state index in [1.54, 1.807) is 0 Å². The van der Waals surface area contributed by atoms with E-state index in [1.807, 2.05) is 0 Å². The molecule has 0 aliphatic carbocycles. The summed E-state index contributed by atoms with van der Waals surface area (Å²) in [5.74, 6) is 0. The van der Waals surface area contributed by atoms with E-state index >= 15 is 0 Å². The van der Waals surface area contributed by atoms with Gasteiger partial charge in [0.15, 0.2) is 0 Å². The predicted molar refractivity (Wildman–Crippen MR) is 69.4 cm³/mol. The molecule has 15 heavy (non-hydrogen) atoms. The molecule has 0 aromatic heterocycles. The van der Waals surface area contributed by atoms with E-state index in [0.717, 1.165) is 13.1 Å². The van der Waals surface area contributed by atoms with Crippen molar-refractivity contribution in [2.24, 2.45) is 0 Å². The average Bonchev–Trinajstić information content (AvgIpc) is 2.24. The van der Waals surface area contributed by atoms with Crippen molar-refractivity contribution in [3.05, 3.63) is 0 Å². The highest BCUT2D eigenvalue weighted by Crippen LogP contribution is 2.10. The molecule has 2 atom stereocenters. The lowest BCUT2D eigenvalue weighted by Gasteiger charge is -2.32. The number of hydrogen-bond acceptors (Lipinski definition) is 2. The van der Waals surface area contributed by atoms with Crippen LogP contribution in [0.25, 0.3) is 0 Å². The minimum atomic E-state index is 0.693. The summed E-state index contributed by atoms with van der Waals surface area (Å²) in [6, 6.07) is 1.40. The largest absolute Gasteiger partial charge is 0.315 e. The topological polar surface area (TPSA) is 15.3 Å². The summed E-state index contributed by atoms with van der Waals surface area (Å²) in [5.41, 5.74) is 0. The quantitative estimate of drug-likeness (QED) is 0.594. The number of hydrogen-bond donors (Lipinski definition) is 1. The van der Waals surface area contributed by atoms with Gasteiger partial charge >= 0.3 is 0 Å². The molecule has 0 aliphatic rings. The summed E-state index contributed by atoms with van der Waals surface area (Å²) in [4.78, 5) is 2.53. The summed E-state index contributed by atoms with van der Waals surface area (Å²) in [6.45, 7) is 11.4. The van der Waals surface area contributed by atoms with Gasteiger partial charge in [-0.2, -0.15) is 0 Å². The molecule has 0 fully saturated rings. The van der Waals surface area contributed by atoms with Crippen molar-refractivity contribution < 1.29 is 0 Å². The number of nitrogens with one attached hydrogen (secondary N) is 1. The minimum Gasteiger partial charge on any atom is -0.315 e. The predicted octanol–water partition coefficient (Wildman–Crippen LogP) is 2.89. The molecular formula is C13H30N2. The summed E-state index contributed by atoms with van der Waals surface area (Å²) in [7, 11) is 2.27. The summed E-state index contributed by atoms with van der Waals surface area (Å²) in [5, 5.41) is 3.52. The van der Waals surface area contributed by atoms with Gasteiger partial charge in [-0.3, -0.25) is 4.90 Å². The Labute approximate surface area is 96.4 Å². The van der Waals surface area contributed by atoms with Crippen LogP contribution in [0.15, 0.2) is 0 Å². The second kappa shape index (κ2) is 9.17. The molecular weight excluding hydrogens is 184 g/mol. The normalized spacial score (nSPS) is 15.6. The molecule has 0 bridgehead atoms. The third-order valence-electron chi connectivity index (χ3n) is 3.26. The zero-order valence-electron chi connectivity index (χ0n) is 11.3. The van der Waals surface area contributed by atoms with Gasteiger partial charge in [0.05, 0.1) is 0 Å². The van der Waals surface area contributed by atoms with Crippen molar-refractivity contribution in [2.45, 2.75) is 65.5 Å². The van der Waals surface area contributed by atoms with Gasteiger partial charge in [0.25, 0.3) is 0 Å². The Hall–Kier alpha value is -0.0800. The van der Waals surface area contributed by atoms with E-state index in [2.05, 4.69) is 45.0 Å². The Kier molecular flexibility index (Phi) is 9.12. The van der Waals surface area contributed by atoms with Crippen molar-refractivity contribution >= 4 is 0 Å². The summed E-state index contributed by atoms with van der Waals surface area (Å²) >= 11 is 0. The van der Waals surface area contributed by atoms with Crippen LogP contribution in [0.1, 0.15) is 53.4 Å². The highest BCUT2D eigenvalue weighted by molar-refractivity contribution is 4.74. The Bertz CT molecular complexity index is 136. The van der Waals surface area contributed by atoms with Crippen molar-refractivity contribution in [1.29, 1.82) is 0 Å². The van der Waals surface area contributed by atoms with Crippen LogP contribution in [0, 0.1) is 0 Å². The molecule has 0 saturated heterocycles. The Morgan fingerprint density at radius 3 is 2.27 bits per heavy atom. The molecule has 0 aromatic rings. The lowest BCUT2D eigenvalue weighted by atomic mass is 10.1. The lowest BCUT2D eigenvalue weighted by Crippen LogP contribution is -2.44. The Morgan fingerprint density at radius 2 is 1.80 bits per heavy atom. The molecule has 2 unspecified atom stereocenters. The first-order valence-electron chi connectivity index (χ1n) is 6.59. The van der Waals surface area contributed by atoms with Crippen molar-refractivity contribution in [3.8, 4) is 0 Å². The van der Waals surface area contributed by atoms with Gasteiger partial charge < -0.3 is 5.32 Å². The van der Waals surface area contributed by atoms with Crippen LogP contribution in [0.4, 0.5) is 0 Å². The van der Waals surface area contributed by atoms with E-state index in [9.17, 15) is 0 Å². The third-order valence-corrected chi connectivity index (χ3v) is 3.26. The SMILES string of the molecule is CCCNCC(CC)N(C)C(C)CCC. The molecule has 0 aliphatic heterocycles. The van der Waals surface area contributed by atoms with Gasteiger partial charge in [0, 0.05) is 18.6 Å². The van der Waals surface area contributed by atoms with Gasteiger partial charge in [-0.15, -0.1) is 0 Å². The van der Waals surface area contributed by atoms with Crippen molar-refractivity contribution in [1.82, 2.24) is 10.2 Å². The summed E-state index contributed by atoms with van der Waals surface area (Å²) in [6.07, 6.45) is 5.05. The van der Waals surface area contributed by atoms with Crippen LogP contribution < -0.4 is 5.32 Å². The fraction of sp³-hybridized carbons (Fsp3) is 1.00. The van der Waals surface area contributed by atoms with Crippen LogP contribution in [0.5, 0.6) is 0 Å². The van der Waals surface area contributed by atoms with Crippen LogP contribution in [-0.2, 0) is 0 Å². The zero-order chi connectivity index (χ0) is 11.7. The maximum absolute atomic E-state index is 3.52. The van der Waals surface area contributed by atoms with E-state index in [4.69, 9.17) is 0 Å². The maximum Gasteiger partial charge on any atom is 0.0217 e. The van der Waals surface area contributed by atoms with E-state index in [0.29, 0.717) is 12.1 Å². The smallest absolute Gasteiger partial charge is 0.0217 e. The molecule has 0 amide bonds. The first-order chi connectivity index (χ1) is 7.17. The van der Waals surface area contributed by atoms with E-state index in [-0.39, 0.29) is 0 Å². The zero-order valence-corrected chi connectivity index (χ0v) is 11.3. The Balaban J connectivity index is 3.91. The van der Waals surface area contributed by atoms with Crippen LogP contribution in [0.2, 0.25) is 0 Å². The first kappa shape index (κ1) is 14.9. The fourth-order valence-corrected chi connectivity index (χ4v) is 2.00. The maximum atomic E-state index is 3.52.